The van der Waals surface area contributed by atoms with Crippen molar-refractivity contribution in [3.05, 3.63) is 0 Å². The molecule has 20 heavy (non-hydrogen) atoms. The molecule has 1 heterocycles. The number of rotatable bonds is 6. The van der Waals surface area contributed by atoms with Crippen LogP contribution in [0.15, 0.2) is 0 Å². The Labute approximate surface area is 123 Å². The van der Waals surface area contributed by atoms with Crippen molar-refractivity contribution in [2.24, 2.45) is 11.7 Å². The highest BCUT2D eigenvalue weighted by molar-refractivity contribution is 5.75. The minimum Gasteiger partial charge on any atom is -0.355 e. The molecule has 0 radical (unpaired) electrons. The van der Waals surface area contributed by atoms with E-state index in [9.17, 15) is 4.79 Å². The van der Waals surface area contributed by atoms with Crippen molar-refractivity contribution in [3.63, 3.8) is 0 Å². The summed E-state index contributed by atoms with van der Waals surface area (Å²) in [6, 6.07) is 0.371. The summed E-state index contributed by atoms with van der Waals surface area (Å²) in [7, 11) is 0. The van der Waals surface area contributed by atoms with Crippen molar-refractivity contribution in [1.29, 1.82) is 0 Å². The monoisotopic (exact) mass is 281 g/mol. The number of hydrogen-bond acceptors (Lipinski definition) is 3. The second-order valence-corrected chi connectivity index (χ2v) is 6.58. The topological polar surface area (TPSA) is 58.4 Å². The summed E-state index contributed by atoms with van der Waals surface area (Å²) in [5.41, 5.74) is 5.99. The molecular weight excluding hydrogens is 250 g/mol. The van der Waals surface area contributed by atoms with Gasteiger partial charge in [-0.2, -0.15) is 0 Å². The number of nitrogens with zero attached hydrogens (tertiary/aromatic N) is 1. The number of nitrogens with two attached hydrogens (primary N) is 1. The van der Waals surface area contributed by atoms with E-state index in [1.807, 2.05) is 0 Å². The van der Waals surface area contributed by atoms with E-state index in [0.717, 1.165) is 25.9 Å². The maximum absolute atomic E-state index is 11.8. The molecule has 1 amide bonds. The lowest BCUT2D eigenvalue weighted by Gasteiger charge is -2.27. The summed E-state index contributed by atoms with van der Waals surface area (Å²) in [4.78, 5) is 14.3. The molecule has 0 aromatic heterocycles. The van der Waals surface area contributed by atoms with E-state index in [-0.39, 0.29) is 5.91 Å². The average Bonchev–Trinajstić information content (AvgIpc) is 2.46. The first-order valence-corrected chi connectivity index (χ1v) is 8.48. The normalized spacial score (nSPS) is 28.2. The third-order valence-electron chi connectivity index (χ3n) is 4.80. The van der Waals surface area contributed by atoms with Crippen molar-refractivity contribution < 1.29 is 4.79 Å². The lowest BCUT2D eigenvalue weighted by Crippen LogP contribution is -2.37. The summed E-state index contributed by atoms with van der Waals surface area (Å²) in [5.74, 6) is 0.896. The molecule has 2 rings (SSSR count). The van der Waals surface area contributed by atoms with Crippen LogP contribution < -0.4 is 11.1 Å². The van der Waals surface area contributed by atoms with Gasteiger partial charge < -0.3 is 16.0 Å². The Kier molecular flexibility index (Phi) is 6.80. The van der Waals surface area contributed by atoms with Gasteiger partial charge >= 0.3 is 0 Å². The first-order valence-electron chi connectivity index (χ1n) is 8.48. The Morgan fingerprint density at radius 3 is 2.70 bits per heavy atom. The van der Waals surface area contributed by atoms with Crippen LogP contribution in [0.1, 0.15) is 57.8 Å². The molecular formula is C16H31N3O. The van der Waals surface area contributed by atoms with E-state index < -0.39 is 0 Å². The number of amides is 1. The van der Waals surface area contributed by atoms with Gasteiger partial charge in [-0.3, -0.25) is 4.79 Å². The molecule has 2 atom stereocenters. The summed E-state index contributed by atoms with van der Waals surface area (Å²) in [6.45, 7) is 4.23. The molecule has 0 aromatic carbocycles. The molecule has 2 aliphatic rings. The summed E-state index contributed by atoms with van der Waals surface area (Å²) < 4.78 is 0. The van der Waals surface area contributed by atoms with Gasteiger partial charge in [-0.15, -0.1) is 0 Å². The predicted octanol–water partition coefficient (Wildman–Crippen LogP) is 1.89. The molecule has 4 nitrogen and oxygen atoms in total. The zero-order chi connectivity index (χ0) is 14.2. The number of carbonyl (C=O) groups excluding carboxylic acids is 1. The molecule has 4 heteroatoms. The van der Waals surface area contributed by atoms with Crippen LogP contribution in [0.5, 0.6) is 0 Å². The van der Waals surface area contributed by atoms with Crippen molar-refractivity contribution in [2.75, 3.05) is 26.2 Å². The smallest absolute Gasteiger partial charge is 0.220 e. The fourth-order valence-electron chi connectivity index (χ4n) is 3.55. The molecule has 3 N–H and O–H groups in total. The Morgan fingerprint density at radius 1 is 1.15 bits per heavy atom. The summed E-state index contributed by atoms with van der Waals surface area (Å²) in [5, 5.41) is 3.07. The van der Waals surface area contributed by atoms with Gasteiger partial charge in [-0.05, 0) is 51.1 Å². The third kappa shape index (κ3) is 5.80. The van der Waals surface area contributed by atoms with Crippen molar-refractivity contribution in [2.45, 2.75) is 63.8 Å². The Bertz CT molecular complexity index is 289. The molecule has 116 valence electrons. The Morgan fingerprint density at radius 2 is 1.95 bits per heavy atom. The number of nitrogens with one attached hydrogen (secondary N) is 1. The van der Waals surface area contributed by atoms with E-state index in [0.29, 0.717) is 18.4 Å². The molecule has 1 aliphatic carbocycles. The van der Waals surface area contributed by atoms with Crippen LogP contribution in [-0.4, -0.2) is 43.0 Å². The fourth-order valence-corrected chi connectivity index (χ4v) is 3.55. The minimum atomic E-state index is 0.223. The van der Waals surface area contributed by atoms with Gasteiger partial charge in [-0.25, -0.2) is 0 Å². The van der Waals surface area contributed by atoms with Crippen molar-refractivity contribution in [3.8, 4) is 0 Å². The van der Waals surface area contributed by atoms with Gasteiger partial charge in [0.1, 0.15) is 0 Å². The molecule has 0 bridgehead atoms. The van der Waals surface area contributed by atoms with Crippen molar-refractivity contribution in [1.82, 2.24) is 10.2 Å². The van der Waals surface area contributed by atoms with Gasteiger partial charge in [0.25, 0.3) is 0 Å². The van der Waals surface area contributed by atoms with E-state index in [1.54, 1.807) is 0 Å². The van der Waals surface area contributed by atoms with Crippen LogP contribution in [0.4, 0.5) is 0 Å². The minimum absolute atomic E-state index is 0.223. The molecule has 1 aliphatic heterocycles. The maximum atomic E-state index is 11.8. The quantitative estimate of drug-likeness (QED) is 0.781. The van der Waals surface area contributed by atoms with Gasteiger partial charge in [0.05, 0.1) is 0 Å². The zero-order valence-corrected chi connectivity index (χ0v) is 12.8. The van der Waals surface area contributed by atoms with Crippen LogP contribution in [0, 0.1) is 5.92 Å². The Balaban J connectivity index is 1.51. The van der Waals surface area contributed by atoms with E-state index in [2.05, 4.69) is 10.2 Å². The largest absolute Gasteiger partial charge is 0.355 e. The van der Waals surface area contributed by atoms with Gasteiger partial charge in [0, 0.05) is 25.6 Å². The molecule has 0 spiro atoms. The molecule has 1 saturated carbocycles. The van der Waals surface area contributed by atoms with Gasteiger partial charge in [0.15, 0.2) is 0 Å². The fraction of sp³-hybridized carbons (Fsp3) is 0.938. The molecule has 1 saturated heterocycles. The molecule has 0 aromatic rings. The van der Waals surface area contributed by atoms with E-state index in [1.165, 1.54) is 51.6 Å². The number of piperidine rings is 1. The summed E-state index contributed by atoms with van der Waals surface area (Å²) in [6.07, 6.45) is 10.5. The SMILES string of the molecule is NC1CCCC(CCC(=O)NCCN2CCCCC2)C1. The van der Waals surface area contributed by atoms with E-state index in [4.69, 9.17) is 5.73 Å². The number of carbonyl (C=O) groups is 1. The summed E-state index contributed by atoms with van der Waals surface area (Å²) >= 11 is 0. The average molecular weight is 281 g/mol. The molecule has 2 fully saturated rings. The second kappa shape index (κ2) is 8.63. The first kappa shape index (κ1) is 15.8. The first-order chi connectivity index (χ1) is 9.74. The van der Waals surface area contributed by atoms with Gasteiger partial charge in [-0.1, -0.05) is 19.3 Å². The number of hydrogen-bond donors (Lipinski definition) is 2. The predicted molar refractivity (Wildman–Crippen MR) is 82.5 cm³/mol. The number of likely N-dealkylation sites (tertiary alicyclic amines) is 1. The van der Waals surface area contributed by atoms with Crippen LogP contribution in [0.2, 0.25) is 0 Å². The third-order valence-corrected chi connectivity index (χ3v) is 4.80. The van der Waals surface area contributed by atoms with Gasteiger partial charge in [0.2, 0.25) is 5.91 Å². The van der Waals surface area contributed by atoms with Crippen LogP contribution in [0.3, 0.4) is 0 Å². The highest BCUT2D eigenvalue weighted by Crippen LogP contribution is 2.26. The maximum Gasteiger partial charge on any atom is 0.220 e. The lowest BCUT2D eigenvalue weighted by molar-refractivity contribution is -0.121. The van der Waals surface area contributed by atoms with E-state index >= 15 is 0 Å². The van der Waals surface area contributed by atoms with Crippen LogP contribution in [0.25, 0.3) is 0 Å². The van der Waals surface area contributed by atoms with Crippen molar-refractivity contribution >= 4 is 5.91 Å². The second-order valence-electron chi connectivity index (χ2n) is 6.58. The highest BCUT2D eigenvalue weighted by atomic mass is 16.1. The van der Waals surface area contributed by atoms with Crippen LogP contribution >= 0.6 is 0 Å². The lowest BCUT2D eigenvalue weighted by atomic mass is 9.83. The molecule has 2 unspecified atom stereocenters. The zero-order valence-electron chi connectivity index (χ0n) is 12.8. The highest BCUT2D eigenvalue weighted by Gasteiger charge is 2.19. The van der Waals surface area contributed by atoms with Crippen LogP contribution in [-0.2, 0) is 4.79 Å². The standard InChI is InChI=1S/C16H31N3O/c17-15-6-4-5-14(13-15)7-8-16(20)18-9-12-19-10-2-1-3-11-19/h14-15H,1-13,17H2,(H,18,20). The Hall–Kier alpha value is -0.610.